The van der Waals surface area contributed by atoms with Crippen LogP contribution in [-0.2, 0) is 11.8 Å². The van der Waals surface area contributed by atoms with E-state index < -0.39 is 6.10 Å². The van der Waals surface area contributed by atoms with Gasteiger partial charge in [0.05, 0.1) is 23.0 Å². The number of halogens is 1. The quantitative estimate of drug-likeness (QED) is 0.905. The highest BCUT2D eigenvalue weighted by Crippen LogP contribution is 2.36. The number of nitrogens with zero attached hydrogens (tertiary/aromatic N) is 2. The Balaban J connectivity index is 2.18. The molecule has 0 bridgehead atoms. The zero-order valence-corrected chi connectivity index (χ0v) is 12.4. The zero-order chi connectivity index (χ0) is 13.8. The molecule has 1 aliphatic carbocycles. The van der Waals surface area contributed by atoms with Crippen LogP contribution in [-0.4, -0.2) is 27.6 Å². The van der Waals surface area contributed by atoms with Crippen LogP contribution < -0.4 is 0 Å². The first-order valence-corrected chi connectivity index (χ1v) is 7.50. The van der Waals surface area contributed by atoms with Crippen LogP contribution in [0.2, 0.25) is 5.02 Å². The van der Waals surface area contributed by atoms with E-state index in [1.165, 1.54) is 19.3 Å². The van der Waals surface area contributed by atoms with Crippen LogP contribution in [0.15, 0.2) is 6.20 Å². The van der Waals surface area contributed by atoms with Crippen LogP contribution in [0.3, 0.4) is 0 Å². The molecule has 0 radical (unpaired) electrons. The first-order valence-electron chi connectivity index (χ1n) is 7.12. The molecule has 2 unspecified atom stereocenters. The van der Waals surface area contributed by atoms with Gasteiger partial charge in [0, 0.05) is 13.7 Å². The van der Waals surface area contributed by atoms with Crippen molar-refractivity contribution in [1.82, 2.24) is 9.78 Å². The van der Waals surface area contributed by atoms with Crippen molar-refractivity contribution in [2.24, 2.45) is 13.0 Å². The van der Waals surface area contributed by atoms with Crippen LogP contribution in [0.4, 0.5) is 0 Å². The van der Waals surface area contributed by atoms with Gasteiger partial charge in [-0.15, -0.1) is 0 Å². The third kappa shape index (κ3) is 3.30. The number of hydrogen-bond acceptors (Lipinski definition) is 3. The Morgan fingerprint density at radius 1 is 1.47 bits per heavy atom. The van der Waals surface area contributed by atoms with Crippen molar-refractivity contribution in [3.8, 4) is 0 Å². The lowest BCUT2D eigenvalue weighted by atomic mass is 9.82. The number of aliphatic hydroxyl groups is 1. The number of aromatic nitrogens is 2. The van der Waals surface area contributed by atoms with E-state index in [1.807, 2.05) is 6.92 Å². The smallest absolute Gasteiger partial charge is 0.123 e. The van der Waals surface area contributed by atoms with Gasteiger partial charge in [0.25, 0.3) is 0 Å². The number of rotatable bonds is 5. The molecule has 2 atom stereocenters. The minimum Gasteiger partial charge on any atom is -0.384 e. The lowest BCUT2D eigenvalue weighted by molar-refractivity contribution is -0.0765. The predicted molar refractivity (Wildman–Crippen MR) is 75.2 cm³/mol. The predicted octanol–water partition coefficient (Wildman–Crippen LogP) is 3.09. The lowest BCUT2D eigenvalue weighted by Gasteiger charge is -2.33. The molecule has 1 aromatic rings. The molecule has 0 saturated heterocycles. The van der Waals surface area contributed by atoms with Gasteiger partial charge in [-0.2, -0.15) is 5.10 Å². The molecular formula is C14H23ClN2O2. The summed E-state index contributed by atoms with van der Waals surface area (Å²) in [4.78, 5) is 0. The van der Waals surface area contributed by atoms with Gasteiger partial charge >= 0.3 is 0 Å². The molecule has 0 spiro atoms. The van der Waals surface area contributed by atoms with Crippen molar-refractivity contribution in [3.05, 3.63) is 16.9 Å². The molecule has 4 nitrogen and oxygen atoms in total. The third-order valence-electron chi connectivity index (χ3n) is 4.00. The van der Waals surface area contributed by atoms with Gasteiger partial charge in [-0.1, -0.05) is 30.9 Å². The van der Waals surface area contributed by atoms with Crippen LogP contribution >= 0.6 is 11.6 Å². The van der Waals surface area contributed by atoms with Crippen molar-refractivity contribution in [2.75, 3.05) is 6.61 Å². The molecule has 108 valence electrons. The van der Waals surface area contributed by atoms with E-state index in [4.69, 9.17) is 16.3 Å². The zero-order valence-electron chi connectivity index (χ0n) is 11.7. The van der Waals surface area contributed by atoms with Crippen molar-refractivity contribution in [2.45, 2.75) is 51.2 Å². The molecule has 1 saturated carbocycles. The first kappa shape index (κ1) is 14.8. The Kier molecular flexibility index (Phi) is 5.25. The van der Waals surface area contributed by atoms with Crippen LogP contribution in [0, 0.1) is 5.92 Å². The molecule has 0 aliphatic heterocycles. The number of hydrogen-bond donors (Lipinski definition) is 1. The Morgan fingerprint density at radius 3 is 2.68 bits per heavy atom. The summed E-state index contributed by atoms with van der Waals surface area (Å²) in [7, 11) is 1.80. The lowest BCUT2D eigenvalue weighted by Crippen LogP contribution is -2.33. The second kappa shape index (κ2) is 6.73. The maximum absolute atomic E-state index is 10.6. The van der Waals surface area contributed by atoms with E-state index in [0.29, 0.717) is 23.2 Å². The molecule has 1 fully saturated rings. The Labute approximate surface area is 119 Å². The average Bonchev–Trinajstić information content (AvgIpc) is 2.76. The van der Waals surface area contributed by atoms with E-state index in [-0.39, 0.29) is 6.10 Å². The summed E-state index contributed by atoms with van der Waals surface area (Å²) in [5, 5.41) is 15.2. The van der Waals surface area contributed by atoms with Crippen LogP contribution in [0.5, 0.6) is 0 Å². The molecule has 1 heterocycles. The molecule has 5 heteroatoms. The van der Waals surface area contributed by atoms with Crippen LogP contribution in [0.25, 0.3) is 0 Å². The molecule has 1 aromatic heterocycles. The van der Waals surface area contributed by atoms with E-state index in [0.717, 1.165) is 12.8 Å². The fourth-order valence-electron chi connectivity index (χ4n) is 3.05. The molecule has 0 amide bonds. The summed E-state index contributed by atoms with van der Waals surface area (Å²) in [6, 6.07) is 0. The molecule has 19 heavy (non-hydrogen) atoms. The van der Waals surface area contributed by atoms with Crippen LogP contribution in [0.1, 0.15) is 50.8 Å². The highest BCUT2D eigenvalue weighted by Gasteiger charge is 2.33. The highest BCUT2D eigenvalue weighted by atomic mass is 35.5. The van der Waals surface area contributed by atoms with Crippen molar-refractivity contribution in [3.63, 3.8) is 0 Å². The minimum absolute atomic E-state index is 0.182. The van der Waals surface area contributed by atoms with Gasteiger partial charge in [-0.3, -0.25) is 4.68 Å². The summed E-state index contributed by atoms with van der Waals surface area (Å²) in [5.74, 6) is 0.412. The number of aliphatic hydroxyl groups excluding tert-OH is 1. The SMILES string of the molecule is CCOC(C1CCCCC1)C(O)c1c(Cl)cnn1C. The summed E-state index contributed by atoms with van der Waals surface area (Å²) >= 11 is 6.12. The van der Waals surface area contributed by atoms with Crippen molar-refractivity contribution < 1.29 is 9.84 Å². The topological polar surface area (TPSA) is 47.3 Å². The second-order valence-electron chi connectivity index (χ2n) is 5.26. The summed E-state index contributed by atoms with van der Waals surface area (Å²) < 4.78 is 7.47. The van der Waals surface area contributed by atoms with Gasteiger partial charge in [-0.25, -0.2) is 0 Å². The molecular weight excluding hydrogens is 264 g/mol. The molecule has 2 rings (SSSR count). The van der Waals surface area contributed by atoms with Crippen molar-refractivity contribution in [1.29, 1.82) is 0 Å². The second-order valence-corrected chi connectivity index (χ2v) is 5.67. The maximum Gasteiger partial charge on any atom is 0.123 e. The molecule has 0 aromatic carbocycles. The summed E-state index contributed by atoms with van der Waals surface area (Å²) in [6.07, 6.45) is 6.66. The summed E-state index contributed by atoms with van der Waals surface area (Å²) in [5.41, 5.74) is 0.658. The monoisotopic (exact) mass is 286 g/mol. The largest absolute Gasteiger partial charge is 0.384 e. The van der Waals surface area contributed by atoms with Gasteiger partial charge in [0.1, 0.15) is 6.10 Å². The Bertz CT molecular complexity index is 383. The fourth-order valence-corrected chi connectivity index (χ4v) is 3.33. The summed E-state index contributed by atoms with van der Waals surface area (Å²) in [6.45, 7) is 2.57. The van der Waals surface area contributed by atoms with E-state index in [9.17, 15) is 5.11 Å². The van der Waals surface area contributed by atoms with E-state index >= 15 is 0 Å². The van der Waals surface area contributed by atoms with Gasteiger partial charge < -0.3 is 9.84 Å². The average molecular weight is 287 g/mol. The van der Waals surface area contributed by atoms with E-state index in [1.54, 1.807) is 17.9 Å². The Hall–Kier alpha value is -0.580. The fraction of sp³-hybridized carbons (Fsp3) is 0.786. The normalized spacial score (nSPS) is 20.4. The maximum atomic E-state index is 10.6. The minimum atomic E-state index is -0.706. The molecule has 1 N–H and O–H groups in total. The van der Waals surface area contributed by atoms with Gasteiger partial charge in [0.15, 0.2) is 0 Å². The third-order valence-corrected chi connectivity index (χ3v) is 4.29. The van der Waals surface area contributed by atoms with Crippen molar-refractivity contribution >= 4 is 11.6 Å². The molecule has 1 aliphatic rings. The number of ether oxygens (including phenoxy) is 1. The van der Waals surface area contributed by atoms with E-state index in [2.05, 4.69) is 5.10 Å². The van der Waals surface area contributed by atoms with Gasteiger partial charge in [0.2, 0.25) is 0 Å². The first-order chi connectivity index (χ1) is 9.15. The number of aryl methyl sites for hydroxylation is 1. The Morgan fingerprint density at radius 2 is 2.16 bits per heavy atom. The standard InChI is InChI=1S/C14H23ClN2O2/c1-3-19-14(10-7-5-4-6-8-10)13(18)12-11(15)9-16-17(12)2/h9-10,13-14,18H,3-8H2,1-2H3. The highest BCUT2D eigenvalue weighted by molar-refractivity contribution is 6.31. The van der Waals surface area contributed by atoms with Gasteiger partial charge in [-0.05, 0) is 25.7 Å².